The summed E-state index contributed by atoms with van der Waals surface area (Å²) in [5, 5.41) is 19.6. The van der Waals surface area contributed by atoms with Gasteiger partial charge in [-0.1, -0.05) is 24.6 Å². The molecule has 2 aromatic carbocycles. The van der Waals surface area contributed by atoms with E-state index < -0.39 is 6.10 Å². The molecule has 0 radical (unpaired) electrons. The molecule has 0 bridgehead atoms. The number of likely N-dealkylation sites (tertiary alicyclic amines) is 1. The standard InChI is InChI=1S/C22H29NO4/c24-15-13-18-6-4-5-14-23(18)16-19(25)17-26-20-9-11-22(12-10-20)27-21-7-2-1-3-8-21/h1-3,7-12,18-19,24-25H,4-6,13-17H2. The summed E-state index contributed by atoms with van der Waals surface area (Å²) in [5.41, 5.74) is 0. The third-order valence-corrected chi connectivity index (χ3v) is 4.90. The number of aliphatic hydroxyl groups excluding tert-OH is 2. The fourth-order valence-corrected chi connectivity index (χ4v) is 3.52. The molecule has 2 N–H and O–H groups in total. The Morgan fingerprint density at radius 1 is 0.963 bits per heavy atom. The van der Waals surface area contributed by atoms with Crippen LogP contribution in [0.3, 0.4) is 0 Å². The fraction of sp³-hybridized carbons (Fsp3) is 0.455. The van der Waals surface area contributed by atoms with Gasteiger partial charge in [-0.05, 0) is 62.2 Å². The van der Waals surface area contributed by atoms with Crippen molar-refractivity contribution >= 4 is 0 Å². The Morgan fingerprint density at radius 3 is 2.41 bits per heavy atom. The van der Waals surface area contributed by atoms with Crippen LogP contribution in [-0.4, -0.2) is 53.6 Å². The Hall–Kier alpha value is -2.08. The van der Waals surface area contributed by atoms with Gasteiger partial charge in [0.05, 0.1) is 0 Å². The van der Waals surface area contributed by atoms with Crippen LogP contribution in [0.4, 0.5) is 0 Å². The highest BCUT2D eigenvalue weighted by Crippen LogP contribution is 2.24. The van der Waals surface area contributed by atoms with E-state index in [1.165, 1.54) is 6.42 Å². The van der Waals surface area contributed by atoms with Crippen molar-refractivity contribution in [2.75, 3.05) is 26.3 Å². The number of hydrogen-bond donors (Lipinski definition) is 2. The van der Waals surface area contributed by atoms with Crippen LogP contribution >= 0.6 is 0 Å². The zero-order valence-electron chi connectivity index (χ0n) is 15.7. The van der Waals surface area contributed by atoms with Crippen molar-refractivity contribution in [2.24, 2.45) is 0 Å². The molecule has 5 heteroatoms. The molecule has 0 aromatic heterocycles. The quantitative estimate of drug-likeness (QED) is 0.707. The smallest absolute Gasteiger partial charge is 0.127 e. The van der Waals surface area contributed by atoms with Crippen LogP contribution in [0.25, 0.3) is 0 Å². The van der Waals surface area contributed by atoms with Crippen LogP contribution in [0.15, 0.2) is 54.6 Å². The largest absolute Gasteiger partial charge is 0.491 e. The second-order valence-electron chi connectivity index (χ2n) is 7.01. The second-order valence-corrected chi connectivity index (χ2v) is 7.01. The first-order chi connectivity index (χ1) is 13.2. The number of rotatable bonds is 9. The van der Waals surface area contributed by atoms with Crippen molar-refractivity contribution in [3.8, 4) is 17.2 Å². The van der Waals surface area contributed by atoms with E-state index in [0.717, 1.165) is 37.3 Å². The van der Waals surface area contributed by atoms with Crippen molar-refractivity contribution in [3.05, 3.63) is 54.6 Å². The SMILES string of the molecule is OCCC1CCCCN1CC(O)COc1ccc(Oc2ccccc2)cc1. The predicted molar refractivity (Wildman–Crippen MR) is 105 cm³/mol. The minimum absolute atomic E-state index is 0.200. The number of hydrogen-bond acceptors (Lipinski definition) is 5. The number of aliphatic hydroxyl groups is 2. The third kappa shape index (κ3) is 6.24. The topological polar surface area (TPSA) is 62.2 Å². The number of benzene rings is 2. The summed E-state index contributed by atoms with van der Waals surface area (Å²) in [5.74, 6) is 2.25. The minimum Gasteiger partial charge on any atom is -0.491 e. The first-order valence-electron chi connectivity index (χ1n) is 9.73. The molecule has 1 saturated heterocycles. The lowest BCUT2D eigenvalue weighted by Gasteiger charge is -2.36. The van der Waals surface area contributed by atoms with E-state index in [1.54, 1.807) is 0 Å². The maximum absolute atomic E-state index is 10.3. The van der Waals surface area contributed by atoms with Crippen LogP contribution in [0.5, 0.6) is 17.2 Å². The highest BCUT2D eigenvalue weighted by molar-refractivity contribution is 5.35. The van der Waals surface area contributed by atoms with E-state index in [0.29, 0.717) is 18.3 Å². The van der Waals surface area contributed by atoms with Crippen molar-refractivity contribution in [2.45, 2.75) is 37.8 Å². The van der Waals surface area contributed by atoms with Gasteiger partial charge in [0.15, 0.2) is 0 Å². The summed E-state index contributed by atoms with van der Waals surface area (Å²) in [6.45, 7) is 2.01. The van der Waals surface area contributed by atoms with Crippen LogP contribution < -0.4 is 9.47 Å². The molecular weight excluding hydrogens is 342 g/mol. The average molecular weight is 371 g/mol. The molecule has 2 aromatic rings. The maximum Gasteiger partial charge on any atom is 0.127 e. The van der Waals surface area contributed by atoms with Gasteiger partial charge in [0.25, 0.3) is 0 Å². The highest BCUT2D eigenvalue weighted by atomic mass is 16.5. The average Bonchev–Trinajstić information content (AvgIpc) is 2.70. The molecule has 0 spiro atoms. The minimum atomic E-state index is -0.551. The maximum atomic E-state index is 10.3. The van der Waals surface area contributed by atoms with Gasteiger partial charge < -0.3 is 19.7 Å². The molecule has 1 aliphatic heterocycles. The lowest BCUT2D eigenvalue weighted by atomic mass is 9.99. The van der Waals surface area contributed by atoms with Crippen LogP contribution in [-0.2, 0) is 0 Å². The molecule has 3 rings (SSSR count). The zero-order valence-corrected chi connectivity index (χ0v) is 15.7. The first kappa shape index (κ1) is 19.7. The fourth-order valence-electron chi connectivity index (χ4n) is 3.52. The van der Waals surface area contributed by atoms with Crippen LogP contribution in [0.2, 0.25) is 0 Å². The number of para-hydroxylation sites is 1. The summed E-state index contributed by atoms with van der Waals surface area (Å²) in [4.78, 5) is 2.28. The van der Waals surface area contributed by atoms with E-state index in [4.69, 9.17) is 9.47 Å². The van der Waals surface area contributed by atoms with Gasteiger partial charge in [-0.2, -0.15) is 0 Å². The molecule has 1 heterocycles. The van der Waals surface area contributed by atoms with Gasteiger partial charge in [-0.3, -0.25) is 4.90 Å². The summed E-state index contributed by atoms with van der Waals surface area (Å²) in [6, 6.07) is 17.4. The van der Waals surface area contributed by atoms with Crippen molar-refractivity contribution in [3.63, 3.8) is 0 Å². The summed E-state index contributed by atoms with van der Waals surface area (Å²) in [6.07, 6.45) is 3.67. The van der Waals surface area contributed by atoms with E-state index in [-0.39, 0.29) is 13.2 Å². The molecule has 5 nitrogen and oxygen atoms in total. The Kier molecular flexibility index (Phi) is 7.51. The lowest BCUT2D eigenvalue weighted by Crippen LogP contribution is -2.45. The van der Waals surface area contributed by atoms with E-state index in [9.17, 15) is 10.2 Å². The molecule has 2 atom stereocenters. The summed E-state index contributed by atoms with van der Waals surface area (Å²) < 4.78 is 11.5. The van der Waals surface area contributed by atoms with E-state index >= 15 is 0 Å². The van der Waals surface area contributed by atoms with Crippen LogP contribution in [0, 0.1) is 0 Å². The predicted octanol–water partition coefficient (Wildman–Crippen LogP) is 3.46. The number of nitrogens with zero attached hydrogens (tertiary/aromatic N) is 1. The van der Waals surface area contributed by atoms with Gasteiger partial charge in [0.2, 0.25) is 0 Å². The highest BCUT2D eigenvalue weighted by Gasteiger charge is 2.24. The summed E-state index contributed by atoms with van der Waals surface area (Å²) in [7, 11) is 0. The van der Waals surface area contributed by atoms with Gasteiger partial charge in [0, 0.05) is 19.2 Å². The molecule has 0 saturated carbocycles. The van der Waals surface area contributed by atoms with Gasteiger partial charge in [-0.25, -0.2) is 0 Å². The molecule has 2 unspecified atom stereocenters. The lowest BCUT2D eigenvalue weighted by molar-refractivity contribution is 0.0332. The monoisotopic (exact) mass is 371 g/mol. The molecule has 27 heavy (non-hydrogen) atoms. The van der Waals surface area contributed by atoms with Gasteiger partial charge in [-0.15, -0.1) is 0 Å². The zero-order chi connectivity index (χ0) is 18.9. The molecule has 0 aliphatic carbocycles. The molecule has 146 valence electrons. The molecule has 1 aliphatic rings. The number of β-amino-alcohol motifs (C(OH)–C–C–N with tert-alkyl or cyclic N) is 1. The van der Waals surface area contributed by atoms with E-state index in [2.05, 4.69) is 4.90 Å². The normalized spacial score (nSPS) is 18.8. The van der Waals surface area contributed by atoms with Crippen molar-refractivity contribution < 1.29 is 19.7 Å². The summed E-state index contributed by atoms with van der Waals surface area (Å²) >= 11 is 0. The number of piperidine rings is 1. The van der Waals surface area contributed by atoms with Crippen molar-refractivity contribution in [1.29, 1.82) is 0 Å². The molecule has 0 amide bonds. The van der Waals surface area contributed by atoms with Gasteiger partial charge >= 0.3 is 0 Å². The molecule has 1 fully saturated rings. The Bertz CT molecular complexity index is 660. The molecular formula is C22H29NO4. The second kappa shape index (κ2) is 10.3. The first-order valence-corrected chi connectivity index (χ1v) is 9.73. The Balaban J connectivity index is 1.45. The third-order valence-electron chi connectivity index (χ3n) is 4.90. The van der Waals surface area contributed by atoms with Crippen molar-refractivity contribution in [1.82, 2.24) is 4.90 Å². The van der Waals surface area contributed by atoms with E-state index in [1.807, 2.05) is 54.6 Å². The van der Waals surface area contributed by atoms with Gasteiger partial charge in [0.1, 0.15) is 30.0 Å². The van der Waals surface area contributed by atoms with Crippen LogP contribution in [0.1, 0.15) is 25.7 Å². The number of ether oxygens (including phenoxy) is 2. The Labute approximate surface area is 161 Å². The Morgan fingerprint density at radius 2 is 1.67 bits per heavy atom.